The van der Waals surface area contributed by atoms with Crippen molar-refractivity contribution < 1.29 is 14.3 Å². The van der Waals surface area contributed by atoms with Crippen molar-refractivity contribution in [3.63, 3.8) is 0 Å². The molecule has 2 amide bonds. The first-order valence-corrected chi connectivity index (χ1v) is 10.9. The number of carbonyl (C=O) groups is 2. The lowest BCUT2D eigenvalue weighted by Gasteiger charge is -2.28. The molecule has 0 atom stereocenters. The van der Waals surface area contributed by atoms with Crippen LogP contribution in [0.15, 0.2) is 24.3 Å². The van der Waals surface area contributed by atoms with Gasteiger partial charge in [-0.05, 0) is 42.9 Å². The van der Waals surface area contributed by atoms with Crippen LogP contribution >= 0.6 is 0 Å². The van der Waals surface area contributed by atoms with E-state index in [0.29, 0.717) is 5.41 Å². The molecule has 1 aromatic carbocycles. The molecule has 2 N–H and O–H groups in total. The summed E-state index contributed by atoms with van der Waals surface area (Å²) in [5, 5.41) is 8.91. The summed E-state index contributed by atoms with van der Waals surface area (Å²) in [6.07, 6.45) is 3.17. The smallest absolute Gasteiger partial charge is 0.248 e. The van der Waals surface area contributed by atoms with Gasteiger partial charge in [-0.2, -0.15) is 5.10 Å². The van der Waals surface area contributed by atoms with E-state index in [9.17, 15) is 9.59 Å². The maximum atomic E-state index is 12.7. The number of anilines is 1. The molecule has 0 fully saturated rings. The van der Waals surface area contributed by atoms with Crippen LogP contribution < -0.4 is 4.90 Å². The minimum absolute atomic E-state index is 0.0114. The minimum atomic E-state index is -0.232. The van der Waals surface area contributed by atoms with Crippen LogP contribution in [-0.4, -0.2) is 66.3 Å². The van der Waals surface area contributed by atoms with Gasteiger partial charge in [0.2, 0.25) is 11.8 Å². The van der Waals surface area contributed by atoms with E-state index in [1.54, 1.807) is 19.0 Å². The molecule has 0 spiro atoms. The Morgan fingerprint density at radius 2 is 1.97 bits per heavy atom. The van der Waals surface area contributed by atoms with Crippen LogP contribution in [0.25, 0.3) is 22.3 Å². The van der Waals surface area contributed by atoms with Crippen LogP contribution in [0.1, 0.15) is 31.5 Å². The van der Waals surface area contributed by atoms with E-state index >= 15 is 0 Å². The number of aromatic amines is 2. The molecule has 8 nitrogen and oxygen atoms in total. The summed E-state index contributed by atoms with van der Waals surface area (Å²) in [6, 6.07) is 7.97. The van der Waals surface area contributed by atoms with Crippen molar-refractivity contribution in [3.05, 3.63) is 35.5 Å². The molecular formula is C24H31N5O3. The molecule has 1 aliphatic rings. The average molecular weight is 438 g/mol. The standard InChI is InChI=1S/C24H31N5O3/c1-24(2)9-8-17-20(12-24)26-27-23(17)19-10-15-6-7-16(11-18(15)25-19)29(4)21(30)13-28(3)22(31)14-32-5/h6-7,10-11,25H,8-9,12-14H2,1-5H3,(H,26,27). The molecular weight excluding hydrogens is 406 g/mol. The van der Waals surface area contributed by atoms with E-state index in [0.717, 1.165) is 47.2 Å². The van der Waals surface area contributed by atoms with Crippen LogP contribution in [0.5, 0.6) is 0 Å². The van der Waals surface area contributed by atoms with Gasteiger partial charge in [-0.1, -0.05) is 19.9 Å². The van der Waals surface area contributed by atoms with Gasteiger partial charge in [0.1, 0.15) is 12.3 Å². The van der Waals surface area contributed by atoms with Crippen LogP contribution in [0, 0.1) is 5.41 Å². The molecule has 1 aliphatic carbocycles. The lowest BCUT2D eigenvalue weighted by molar-refractivity contribution is -0.137. The van der Waals surface area contributed by atoms with Crippen molar-refractivity contribution in [2.24, 2.45) is 5.41 Å². The van der Waals surface area contributed by atoms with E-state index in [2.05, 4.69) is 35.1 Å². The molecule has 0 saturated carbocycles. The zero-order valence-corrected chi connectivity index (χ0v) is 19.4. The highest BCUT2D eigenvalue weighted by Crippen LogP contribution is 2.38. The highest BCUT2D eigenvalue weighted by molar-refractivity contribution is 5.98. The zero-order valence-electron chi connectivity index (χ0n) is 19.4. The lowest BCUT2D eigenvalue weighted by Crippen LogP contribution is -2.40. The number of ether oxygens (including phenoxy) is 1. The summed E-state index contributed by atoms with van der Waals surface area (Å²) in [4.78, 5) is 31.0. The molecule has 0 bridgehead atoms. The summed E-state index contributed by atoms with van der Waals surface area (Å²) < 4.78 is 4.85. The molecule has 32 heavy (non-hydrogen) atoms. The van der Waals surface area contributed by atoms with E-state index in [1.807, 2.05) is 18.2 Å². The summed E-state index contributed by atoms with van der Waals surface area (Å²) in [7, 11) is 4.77. The van der Waals surface area contributed by atoms with Crippen molar-refractivity contribution in [2.75, 3.05) is 39.3 Å². The Balaban J connectivity index is 1.54. The number of aromatic nitrogens is 3. The Labute approximate surface area is 187 Å². The molecule has 2 aromatic heterocycles. The number of carbonyl (C=O) groups excluding carboxylic acids is 2. The second kappa shape index (κ2) is 8.43. The van der Waals surface area contributed by atoms with Crippen molar-refractivity contribution in [2.45, 2.75) is 33.1 Å². The van der Waals surface area contributed by atoms with Gasteiger partial charge in [0.05, 0.1) is 12.2 Å². The predicted molar refractivity (Wildman–Crippen MR) is 125 cm³/mol. The Bertz CT molecular complexity index is 1160. The Hall–Kier alpha value is -3.13. The average Bonchev–Trinajstić information content (AvgIpc) is 3.34. The Morgan fingerprint density at radius 1 is 1.19 bits per heavy atom. The van der Waals surface area contributed by atoms with Gasteiger partial charge in [-0.15, -0.1) is 0 Å². The van der Waals surface area contributed by atoms with E-state index < -0.39 is 0 Å². The van der Waals surface area contributed by atoms with Crippen LogP contribution in [0.4, 0.5) is 5.69 Å². The van der Waals surface area contributed by atoms with Gasteiger partial charge >= 0.3 is 0 Å². The highest BCUT2D eigenvalue weighted by Gasteiger charge is 2.29. The number of nitrogens with one attached hydrogen (secondary N) is 2. The Morgan fingerprint density at radius 3 is 2.72 bits per heavy atom. The fourth-order valence-electron chi connectivity index (χ4n) is 4.30. The number of benzene rings is 1. The summed E-state index contributed by atoms with van der Waals surface area (Å²) in [5.41, 5.74) is 6.48. The van der Waals surface area contributed by atoms with Crippen molar-refractivity contribution in [3.8, 4) is 11.4 Å². The number of amides is 2. The molecule has 8 heteroatoms. The maximum Gasteiger partial charge on any atom is 0.248 e. The fraction of sp³-hybridized carbons (Fsp3) is 0.458. The normalized spacial score (nSPS) is 14.9. The van der Waals surface area contributed by atoms with Crippen LogP contribution in [0.2, 0.25) is 0 Å². The summed E-state index contributed by atoms with van der Waals surface area (Å²) in [5.74, 6) is -0.406. The molecule has 3 aromatic rings. The van der Waals surface area contributed by atoms with Gasteiger partial charge in [0.25, 0.3) is 0 Å². The summed E-state index contributed by atoms with van der Waals surface area (Å²) >= 11 is 0. The third-order valence-electron chi connectivity index (χ3n) is 6.35. The molecule has 170 valence electrons. The molecule has 4 rings (SSSR count). The summed E-state index contributed by atoms with van der Waals surface area (Å²) in [6.45, 7) is 4.54. The quantitative estimate of drug-likeness (QED) is 0.619. The van der Waals surface area contributed by atoms with Crippen molar-refractivity contribution in [1.29, 1.82) is 0 Å². The van der Waals surface area contributed by atoms with Gasteiger partial charge in [-0.25, -0.2) is 0 Å². The number of hydrogen-bond donors (Lipinski definition) is 2. The third-order valence-corrected chi connectivity index (χ3v) is 6.35. The van der Waals surface area contributed by atoms with Crippen LogP contribution in [0.3, 0.4) is 0 Å². The number of likely N-dealkylation sites (N-methyl/N-ethyl adjacent to an activating group) is 2. The third kappa shape index (κ3) is 4.27. The van der Waals surface area contributed by atoms with Crippen molar-refractivity contribution in [1.82, 2.24) is 20.1 Å². The molecule has 2 heterocycles. The molecule has 0 aliphatic heterocycles. The van der Waals surface area contributed by atoms with Gasteiger partial charge in [-0.3, -0.25) is 14.7 Å². The van der Waals surface area contributed by atoms with Gasteiger partial charge in [0, 0.05) is 49.1 Å². The topological polar surface area (TPSA) is 94.3 Å². The van der Waals surface area contributed by atoms with Gasteiger partial charge in [0.15, 0.2) is 0 Å². The largest absolute Gasteiger partial charge is 0.375 e. The van der Waals surface area contributed by atoms with Gasteiger partial charge < -0.3 is 19.5 Å². The molecule has 0 radical (unpaired) electrons. The second-order valence-corrected chi connectivity index (χ2v) is 9.46. The van der Waals surface area contributed by atoms with E-state index in [4.69, 9.17) is 4.74 Å². The second-order valence-electron chi connectivity index (χ2n) is 9.46. The van der Waals surface area contributed by atoms with Crippen LogP contribution in [-0.2, 0) is 27.2 Å². The van der Waals surface area contributed by atoms with E-state index in [-0.39, 0.29) is 25.0 Å². The number of fused-ring (bicyclic) bond motifs is 2. The number of H-pyrrole nitrogens is 2. The fourth-order valence-corrected chi connectivity index (χ4v) is 4.30. The minimum Gasteiger partial charge on any atom is -0.375 e. The Kier molecular flexibility index (Phi) is 5.81. The SMILES string of the molecule is COCC(=O)N(C)CC(=O)N(C)c1ccc2cc(-c3n[nH]c4c3CCC(C)(C)C4)[nH]c2c1. The maximum absolute atomic E-state index is 12.7. The monoisotopic (exact) mass is 437 g/mol. The molecule has 0 unspecified atom stereocenters. The first-order valence-electron chi connectivity index (χ1n) is 10.9. The predicted octanol–water partition coefficient (Wildman–Crippen LogP) is 3.14. The number of hydrogen-bond acceptors (Lipinski definition) is 4. The number of nitrogens with zero attached hydrogens (tertiary/aromatic N) is 3. The number of rotatable bonds is 6. The van der Waals surface area contributed by atoms with E-state index in [1.165, 1.54) is 23.3 Å². The zero-order chi connectivity index (χ0) is 23.0. The molecule has 0 saturated heterocycles. The lowest BCUT2D eigenvalue weighted by atomic mass is 9.76. The number of methoxy groups -OCH3 is 1. The first kappa shape index (κ1) is 22.1. The highest BCUT2D eigenvalue weighted by atomic mass is 16.5. The first-order chi connectivity index (χ1) is 15.2. The van der Waals surface area contributed by atoms with Crippen molar-refractivity contribution >= 4 is 28.4 Å².